The fraction of sp³-hybridized carbons (Fsp3) is 0.185. The minimum absolute atomic E-state index is 0.168. The maximum Gasteiger partial charge on any atom is 0.282 e. The summed E-state index contributed by atoms with van der Waals surface area (Å²) in [6.07, 6.45) is 2.82. The van der Waals surface area contributed by atoms with Gasteiger partial charge >= 0.3 is 0 Å². The molecule has 0 bridgehead atoms. The monoisotopic (exact) mass is 600 g/mol. The molecular weight excluding hydrogens is 579 g/mol. The first-order chi connectivity index (χ1) is 18.3. The molecule has 0 spiro atoms. The van der Waals surface area contributed by atoms with E-state index in [-0.39, 0.29) is 28.7 Å². The van der Waals surface area contributed by atoms with Gasteiger partial charge in [-0.3, -0.25) is 9.59 Å². The molecule has 1 aromatic heterocycles. The smallest absolute Gasteiger partial charge is 0.282 e. The number of rotatable bonds is 9. The number of aryl methyl sites for hydroxylation is 1. The van der Waals surface area contributed by atoms with Gasteiger partial charge in [-0.15, -0.1) is 0 Å². The highest BCUT2D eigenvalue weighted by molar-refractivity contribution is 9.10. The molecule has 1 amide bonds. The number of hydrogen-bond acceptors (Lipinski definition) is 6. The number of amides is 1. The van der Waals surface area contributed by atoms with Crippen molar-refractivity contribution in [3.05, 3.63) is 91.7 Å². The highest BCUT2D eigenvalue weighted by atomic mass is 79.9. The van der Waals surface area contributed by atoms with Crippen LogP contribution in [0.2, 0.25) is 5.02 Å². The summed E-state index contributed by atoms with van der Waals surface area (Å²) >= 11 is 9.83. The van der Waals surface area contributed by atoms with Crippen LogP contribution in [-0.2, 0) is 11.2 Å². The Kier molecular flexibility index (Phi) is 8.75. The van der Waals surface area contributed by atoms with E-state index in [1.54, 1.807) is 24.3 Å². The first-order valence-electron chi connectivity index (χ1n) is 11.6. The van der Waals surface area contributed by atoms with Crippen molar-refractivity contribution >= 4 is 56.2 Å². The summed E-state index contributed by atoms with van der Waals surface area (Å²) in [5.74, 6) is 0.111. The van der Waals surface area contributed by atoms with Crippen molar-refractivity contribution in [3.8, 4) is 11.5 Å². The average Bonchev–Trinajstić information content (AvgIpc) is 2.89. The SMILES string of the molecule is CCCc1nc2ccc(Br)cc2c(=O)n1N=Cc1cc(Cl)c(OCC(=O)Nc2ccc(F)cc2)c(OC)c1. The number of nitrogens with one attached hydrogen (secondary N) is 1. The molecular formula is C27H23BrClFN4O4. The lowest BCUT2D eigenvalue weighted by Gasteiger charge is -2.13. The van der Waals surface area contributed by atoms with Gasteiger partial charge in [0.25, 0.3) is 11.5 Å². The number of benzene rings is 3. The number of carbonyl (C=O) groups is 1. The van der Waals surface area contributed by atoms with Crippen LogP contribution in [0, 0.1) is 5.82 Å². The molecule has 4 rings (SSSR count). The molecule has 0 aliphatic rings. The average molecular weight is 602 g/mol. The number of ether oxygens (including phenoxy) is 2. The first kappa shape index (κ1) is 27.3. The summed E-state index contributed by atoms with van der Waals surface area (Å²) in [4.78, 5) is 30.1. The molecule has 0 aliphatic heterocycles. The van der Waals surface area contributed by atoms with Crippen LogP contribution in [0.1, 0.15) is 24.7 Å². The Morgan fingerprint density at radius 1 is 1.21 bits per heavy atom. The van der Waals surface area contributed by atoms with Crippen molar-refractivity contribution in [3.63, 3.8) is 0 Å². The minimum atomic E-state index is -0.460. The van der Waals surface area contributed by atoms with Gasteiger partial charge in [-0.2, -0.15) is 9.78 Å². The second-order valence-electron chi connectivity index (χ2n) is 8.18. The lowest BCUT2D eigenvalue weighted by atomic mass is 10.2. The largest absolute Gasteiger partial charge is 0.493 e. The van der Waals surface area contributed by atoms with Gasteiger partial charge in [0.1, 0.15) is 11.6 Å². The van der Waals surface area contributed by atoms with Crippen LogP contribution >= 0.6 is 27.5 Å². The number of halogens is 3. The van der Waals surface area contributed by atoms with Gasteiger partial charge in [0, 0.05) is 16.6 Å². The van der Waals surface area contributed by atoms with Gasteiger partial charge in [0.2, 0.25) is 0 Å². The lowest BCUT2D eigenvalue weighted by molar-refractivity contribution is -0.118. The highest BCUT2D eigenvalue weighted by Crippen LogP contribution is 2.36. The van der Waals surface area contributed by atoms with Gasteiger partial charge < -0.3 is 14.8 Å². The van der Waals surface area contributed by atoms with E-state index < -0.39 is 11.7 Å². The van der Waals surface area contributed by atoms with E-state index in [4.69, 9.17) is 21.1 Å². The van der Waals surface area contributed by atoms with Crippen molar-refractivity contribution in [1.29, 1.82) is 0 Å². The third-order valence-electron chi connectivity index (χ3n) is 5.40. The van der Waals surface area contributed by atoms with Gasteiger partial charge in [-0.05, 0) is 66.6 Å². The fourth-order valence-electron chi connectivity index (χ4n) is 3.65. The van der Waals surface area contributed by atoms with Crippen LogP contribution in [0.25, 0.3) is 10.9 Å². The summed E-state index contributed by atoms with van der Waals surface area (Å²) < 4.78 is 26.1. The summed E-state index contributed by atoms with van der Waals surface area (Å²) in [7, 11) is 1.44. The Morgan fingerprint density at radius 3 is 2.68 bits per heavy atom. The summed E-state index contributed by atoms with van der Waals surface area (Å²) in [5, 5.41) is 7.63. The second-order valence-corrected chi connectivity index (χ2v) is 9.50. The van der Waals surface area contributed by atoms with Crippen LogP contribution in [0.5, 0.6) is 11.5 Å². The standard InChI is InChI=1S/C27H23BrClFN4O4/c1-3-4-24-33-22-10-5-17(28)13-20(22)27(36)34(24)31-14-16-11-21(29)26(23(12-16)37-2)38-15-25(35)32-19-8-6-18(30)7-9-19/h5-14H,3-4,15H2,1-2H3,(H,32,35). The fourth-order valence-corrected chi connectivity index (χ4v) is 4.28. The molecule has 0 saturated carbocycles. The van der Waals surface area contributed by atoms with E-state index in [1.165, 1.54) is 42.3 Å². The number of methoxy groups -OCH3 is 1. The molecule has 0 radical (unpaired) electrons. The Hall–Kier alpha value is -3.76. The minimum Gasteiger partial charge on any atom is -0.493 e. The van der Waals surface area contributed by atoms with Crippen LogP contribution in [0.4, 0.5) is 10.1 Å². The molecule has 0 atom stereocenters. The lowest BCUT2D eigenvalue weighted by Crippen LogP contribution is -2.22. The van der Waals surface area contributed by atoms with Crippen LogP contribution < -0.4 is 20.3 Å². The maximum absolute atomic E-state index is 13.2. The van der Waals surface area contributed by atoms with E-state index in [0.717, 1.165) is 10.9 Å². The van der Waals surface area contributed by atoms with Crippen molar-refractivity contribution in [1.82, 2.24) is 9.66 Å². The van der Waals surface area contributed by atoms with Crippen molar-refractivity contribution < 1.29 is 18.7 Å². The van der Waals surface area contributed by atoms with Crippen LogP contribution in [0.3, 0.4) is 0 Å². The zero-order chi connectivity index (χ0) is 27.2. The molecule has 1 N–H and O–H groups in total. The molecule has 0 aliphatic carbocycles. The van der Waals surface area contributed by atoms with E-state index >= 15 is 0 Å². The third-order valence-corrected chi connectivity index (χ3v) is 6.17. The Balaban J connectivity index is 1.57. The molecule has 196 valence electrons. The molecule has 38 heavy (non-hydrogen) atoms. The molecule has 0 unspecified atom stereocenters. The maximum atomic E-state index is 13.2. The zero-order valence-electron chi connectivity index (χ0n) is 20.5. The Bertz CT molecular complexity index is 1570. The third kappa shape index (κ3) is 6.38. The predicted octanol–water partition coefficient (Wildman–Crippen LogP) is 5.81. The summed E-state index contributed by atoms with van der Waals surface area (Å²) in [5.41, 5.74) is 1.28. The topological polar surface area (TPSA) is 94.8 Å². The molecule has 4 aromatic rings. The van der Waals surface area contributed by atoms with Crippen LogP contribution in [-0.4, -0.2) is 35.5 Å². The van der Waals surface area contributed by atoms with E-state index in [2.05, 4.69) is 31.3 Å². The molecule has 8 nitrogen and oxygen atoms in total. The van der Waals surface area contributed by atoms with E-state index in [9.17, 15) is 14.0 Å². The molecule has 0 saturated heterocycles. The highest BCUT2D eigenvalue weighted by Gasteiger charge is 2.15. The quantitative estimate of drug-likeness (QED) is 0.244. The van der Waals surface area contributed by atoms with Crippen molar-refractivity contribution in [2.75, 3.05) is 19.0 Å². The Morgan fingerprint density at radius 2 is 1.97 bits per heavy atom. The molecule has 0 fully saturated rings. The normalized spacial score (nSPS) is 11.2. The first-order valence-corrected chi connectivity index (χ1v) is 12.8. The number of aromatic nitrogens is 2. The second kappa shape index (κ2) is 12.2. The number of hydrogen-bond donors (Lipinski definition) is 1. The van der Waals surface area contributed by atoms with Gasteiger partial charge in [0.05, 0.1) is 29.2 Å². The number of fused-ring (bicyclic) bond motifs is 1. The summed E-state index contributed by atoms with van der Waals surface area (Å²) in [6, 6.07) is 13.9. The zero-order valence-corrected chi connectivity index (χ0v) is 22.8. The molecule has 3 aromatic carbocycles. The van der Waals surface area contributed by atoms with Crippen molar-refractivity contribution in [2.24, 2.45) is 5.10 Å². The molecule has 1 heterocycles. The predicted molar refractivity (Wildman–Crippen MR) is 149 cm³/mol. The number of anilines is 1. The Labute approximate surface area is 231 Å². The van der Waals surface area contributed by atoms with Gasteiger partial charge in [-0.25, -0.2) is 9.37 Å². The molecule has 11 heteroatoms. The number of nitrogens with zero attached hydrogens (tertiary/aromatic N) is 3. The van der Waals surface area contributed by atoms with Crippen molar-refractivity contribution in [2.45, 2.75) is 19.8 Å². The van der Waals surface area contributed by atoms with E-state index in [0.29, 0.717) is 34.4 Å². The summed E-state index contributed by atoms with van der Waals surface area (Å²) in [6.45, 7) is 1.64. The van der Waals surface area contributed by atoms with Crippen LogP contribution in [0.15, 0.2) is 69.0 Å². The van der Waals surface area contributed by atoms with Gasteiger partial charge in [0.15, 0.2) is 18.1 Å². The van der Waals surface area contributed by atoms with Gasteiger partial charge in [-0.1, -0.05) is 34.5 Å². The van der Waals surface area contributed by atoms with E-state index in [1.807, 2.05) is 13.0 Å². The number of carbonyl (C=O) groups excluding carboxylic acids is 1.